The molecule has 0 aliphatic rings. The van der Waals surface area contributed by atoms with Gasteiger partial charge in [0.15, 0.2) is 11.5 Å². The van der Waals surface area contributed by atoms with E-state index in [-0.39, 0.29) is 23.0 Å². The van der Waals surface area contributed by atoms with Gasteiger partial charge in [-0.15, -0.1) is 0 Å². The lowest BCUT2D eigenvalue weighted by atomic mass is 10.1. The van der Waals surface area contributed by atoms with E-state index >= 15 is 0 Å². The summed E-state index contributed by atoms with van der Waals surface area (Å²) < 4.78 is 40.0. The molecule has 3 aromatic carbocycles. The Hall–Kier alpha value is -3.76. The van der Waals surface area contributed by atoms with E-state index < -0.39 is 34.1 Å². The smallest absolute Gasteiger partial charge is 0.264 e. The van der Waals surface area contributed by atoms with Crippen molar-refractivity contribution in [2.24, 2.45) is 0 Å². The highest BCUT2D eigenvalue weighted by molar-refractivity contribution is 7.92. The Bertz CT molecular complexity index is 1520. The Balaban J connectivity index is 2.12. The van der Waals surface area contributed by atoms with Gasteiger partial charge in [-0.25, -0.2) is 8.42 Å². The van der Waals surface area contributed by atoms with E-state index in [4.69, 9.17) is 21.1 Å². The number of aryl methyl sites for hydroxylation is 1. The molecule has 0 aliphatic heterocycles. The second-order valence-corrected chi connectivity index (χ2v) is 13.5. The normalized spacial score (nSPS) is 12.3. The van der Waals surface area contributed by atoms with Gasteiger partial charge in [-0.1, -0.05) is 48.4 Å². The first kappa shape index (κ1) is 33.7. The van der Waals surface area contributed by atoms with E-state index in [9.17, 15) is 18.0 Å². The van der Waals surface area contributed by atoms with E-state index in [1.54, 1.807) is 48.5 Å². The summed E-state index contributed by atoms with van der Waals surface area (Å²) in [5.41, 5.74) is 1.28. The van der Waals surface area contributed by atoms with Gasteiger partial charge >= 0.3 is 0 Å². The van der Waals surface area contributed by atoms with Crippen molar-refractivity contribution in [3.63, 3.8) is 0 Å². The van der Waals surface area contributed by atoms with E-state index in [0.717, 1.165) is 15.4 Å². The summed E-state index contributed by atoms with van der Waals surface area (Å²) in [6, 6.07) is 17.1. The summed E-state index contributed by atoms with van der Waals surface area (Å²) in [5, 5.41) is 3.49. The molecule has 9 nitrogen and oxygen atoms in total. The lowest BCUT2D eigenvalue weighted by Gasteiger charge is -2.35. The fraction of sp³-hybridized carbons (Fsp3) is 0.375. The molecule has 0 heterocycles. The van der Waals surface area contributed by atoms with Gasteiger partial charge in [0.1, 0.15) is 12.6 Å². The van der Waals surface area contributed by atoms with Gasteiger partial charge in [-0.05, 0) is 76.1 Å². The predicted octanol–water partition coefficient (Wildman–Crippen LogP) is 5.58. The van der Waals surface area contributed by atoms with Gasteiger partial charge in [0.25, 0.3) is 10.0 Å². The molecule has 0 saturated heterocycles. The number of rotatable bonds is 12. The van der Waals surface area contributed by atoms with Crippen LogP contribution in [-0.4, -0.2) is 57.5 Å². The first-order chi connectivity index (χ1) is 20.2. The highest BCUT2D eigenvalue weighted by atomic mass is 35.5. The molecule has 3 aromatic rings. The van der Waals surface area contributed by atoms with Crippen LogP contribution >= 0.6 is 11.6 Å². The third-order valence-corrected chi connectivity index (χ3v) is 8.73. The third kappa shape index (κ3) is 8.64. The summed E-state index contributed by atoms with van der Waals surface area (Å²) in [4.78, 5) is 29.1. The summed E-state index contributed by atoms with van der Waals surface area (Å²) in [5.74, 6) is -0.196. The van der Waals surface area contributed by atoms with E-state index in [0.29, 0.717) is 22.9 Å². The lowest BCUT2D eigenvalue weighted by molar-refractivity contribution is -0.141. The second kappa shape index (κ2) is 14.1. The molecule has 0 bridgehead atoms. The van der Waals surface area contributed by atoms with Crippen LogP contribution in [0.15, 0.2) is 71.6 Å². The van der Waals surface area contributed by atoms with Crippen LogP contribution < -0.4 is 19.1 Å². The summed E-state index contributed by atoms with van der Waals surface area (Å²) in [7, 11) is -1.31. The van der Waals surface area contributed by atoms with Crippen LogP contribution in [0.5, 0.6) is 11.5 Å². The molecule has 232 valence electrons. The number of hydrogen-bond acceptors (Lipinski definition) is 6. The fourth-order valence-corrected chi connectivity index (χ4v) is 6.04. The van der Waals surface area contributed by atoms with Gasteiger partial charge in [0.2, 0.25) is 11.8 Å². The number of nitrogens with one attached hydrogen (secondary N) is 1. The highest BCUT2D eigenvalue weighted by Crippen LogP contribution is 2.34. The topological polar surface area (TPSA) is 105 Å². The molecule has 1 unspecified atom stereocenters. The number of benzene rings is 3. The summed E-state index contributed by atoms with van der Waals surface area (Å²) in [6.07, 6.45) is 0.308. The largest absolute Gasteiger partial charge is 0.493 e. The van der Waals surface area contributed by atoms with Crippen LogP contribution in [0.2, 0.25) is 5.02 Å². The quantitative estimate of drug-likeness (QED) is 0.280. The minimum Gasteiger partial charge on any atom is -0.493 e. The molecule has 0 saturated carbocycles. The zero-order valence-corrected chi connectivity index (χ0v) is 27.3. The zero-order chi connectivity index (χ0) is 31.9. The number of anilines is 1. The average Bonchev–Trinajstić information content (AvgIpc) is 2.95. The fourth-order valence-electron chi connectivity index (χ4n) is 4.51. The molecule has 0 aromatic heterocycles. The van der Waals surface area contributed by atoms with Gasteiger partial charge in [0.05, 0.1) is 24.8 Å². The number of sulfonamides is 1. The highest BCUT2D eigenvalue weighted by Gasteiger charge is 2.35. The Morgan fingerprint density at radius 3 is 2.07 bits per heavy atom. The molecule has 11 heteroatoms. The average molecular weight is 630 g/mol. The van der Waals surface area contributed by atoms with Crippen molar-refractivity contribution in [2.75, 3.05) is 25.1 Å². The van der Waals surface area contributed by atoms with Crippen molar-refractivity contribution < 1.29 is 27.5 Å². The molecule has 0 radical (unpaired) electrons. The predicted molar refractivity (Wildman–Crippen MR) is 169 cm³/mol. The Morgan fingerprint density at radius 1 is 0.930 bits per heavy atom. The molecule has 0 fully saturated rings. The Labute approximate surface area is 259 Å². The van der Waals surface area contributed by atoms with Crippen molar-refractivity contribution >= 4 is 39.1 Å². The molecule has 1 N–H and O–H groups in total. The Morgan fingerprint density at radius 2 is 1.53 bits per heavy atom. The van der Waals surface area contributed by atoms with E-state index in [1.165, 1.54) is 37.3 Å². The Kier molecular flexibility index (Phi) is 11.1. The van der Waals surface area contributed by atoms with Gasteiger partial charge in [0, 0.05) is 23.2 Å². The number of ether oxygens (including phenoxy) is 2. The zero-order valence-electron chi connectivity index (χ0n) is 25.7. The maximum Gasteiger partial charge on any atom is 0.264 e. The number of halogens is 1. The van der Waals surface area contributed by atoms with Crippen molar-refractivity contribution in [3.05, 3.63) is 82.9 Å². The van der Waals surface area contributed by atoms with Crippen LogP contribution in [0.3, 0.4) is 0 Å². The van der Waals surface area contributed by atoms with E-state index in [1.807, 2.05) is 34.6 Å². The van der Waals surface area contributed by atoms with E-state index in [2.05, 4.69) is 5.32 Å². The second-order valence-electron chi connectivity index (χ2n) is 11.2. The van der Waals surface area contributed by atoms with Crippen LogP contribution in [0, 0.1) is 6.92 Å². The van der Waals surface area contributed by atoms with Crippen molar-refractivity contribution in [2.45, 2.75) is 64.1 Å². The number of methoxy groups -OCH3 is 2. The summed E-state index contributed by atoms with van der Waals surface area (Å²) >= 11 is 6.09. The monoisotopic (exact) mass is 629 g/mol. The van der Waals surface area contributed by atoms with Crippen LogP contribution in [0.25, 0.3) is 0 Å². The molecule has 1 atom stereocenters. The molecular weight excluding hydrogens is 590 g/mol. The molecule has 0 aliphatic carbocycles. The number of nitrogens with zero attached hydrogens (tertiary/aromatic N) is 2. The minimum atomic E-state index is -4.23. The number of carbonyl (C=O) groups is 2. The lowest BCUT2D eigenvalue weighted by Crippen LogP contribution is -2.55. The maximum atomic E-state index is 14.2. The minimum absolute atomic E-state index is 0.0162. The van der Waals surface area contributed by atoms with Crippen molar-refractivity contribution in [1.82, 2.24) is 10.2 Å². The molecule has 43 heavy (non-hydrogen) atoms. The third-order valence-electron chi connectivity index (χ3n) is 6.69. The van der Waals surface area contributed by atoms with Crippen LogP contribution in [0.4, 0.5) is 5.69 Å². The number of carbonyl (C=O) groups excluding carboxylic acids is 2. The molecule has 2 amide bonds. The molecule has 3 rings (SSSR count). The van der Waals surface area contributed by atoms with Gasteiger partial charge in [-0.3, -0.25) is 13.9 Å². The SMILES string of the molecule is CCC(C(=O)NC(C)(C)C)N(Cc1ccc(Cl)cc1)C(=O)CN(c1ccc(OC)c(OC)c1)S(=O)(=O)c1ccc(C)cc1. The first-order valence-corrected chi connectivity index (χ1v) is 15.7. The van der Waals surface area contributed by atoms with Crippen molar-refractivity contribution in [1.29, 1.82) is 0 Å². The summed E-state index contributed by atoms with van der Waals surface area (Å²) in [6.45, 7) is 8.73. The number of amides is 2. The standard InChI is InChI=1S/C32H40ClN3O6S/c1-8-27(31(38)34-32(3,4)5)35(20-23-11-13-24(33)14-12-23)30(37)21-36(25-15-18-28(41-6)29(19-25)42-7)43(39,40)26-16-9-22(2)10-17-26/h9-19,27H,8,20-21H2,1-7H3,(H,34,38). The van der Waals surface area contributed by atoms with Crippen molar-refractivity contribution in [3.8, 4) is 11.5 Å². The first-order valence-electron chi connectivity index (χ1n) is 13.9. The number of hydrogen-bond donors (Lipinski definition) is 1. The maximum absolute atomic E-state index is 14.2. The molecule has 0 spiro atoms. The van der Waals surface area contributed by atoms with Crippen LogP contribution in [0.1, 0.15) is 45.2 Å². The van der Waals surface area contributed by atoms with Gasteiger partial charge < -0.3 is 19.7 Å². The van der Waals surface area contributed by atoms with Crippen LogP contribution in [-0.2, 0) is 26.2 Å². The van der Waals surface area contributed by atoms with Gasteiger partial charge in [-0.2, -0.15) is 0 Å². The molecular formula is C32H40ClN3O6S.